The van der Waals surface area contributed by atoms with Crippen molar-refractivity contribution in [3.63, 3.8) is 0 Å². The minimum absolute atomic E-state index is 0.0463. The van der Waals surface area contributed by atoms with Crippen LogP contribution in [0.2, 0.25) is 0 Å². The van der Waals surface area contributed by atoms with Crippen LogP contribution in [0.1, 0.15) is 83.4 Å². The summed E-state index contributed by atoms with van der Waals surface area (Å²) in [6.07, 6.45) is 5.76. The number of amides is 2. The second kappa shape index (κ2) is 10.1. The predicted octanol–water partition coefficient (Wildman–Crippen LogP) is 5.96. The highest BCUT2D eigenvalue weighted by molar-refractivity contribution is 6.09. The molecule has 34 heavy (non-hydrogen) atoms. The molecule has 1 N–H and O–H groups in total. The lowest BCUT2D eigenvalue weighted by Gasteiger charge is -2.40. The van der Waals surface area contributed by atoms with Gasteiger partial charge in [0.05, 0.1) is 17.4 Å². The summed E-state index contributed by atoms with van der Waals surface area (Å²) in [4.78, 5) is 35.1. The predicted molar refractivity (Wildman–Crippen MR) is 137 cm³/mol. The standard InChI is InChI=1S/C29H37N3O2/c1-5-24-25(20-14-8-6-9-15-20)30-23-19-13-12-18-22(23)26(27(33)31-29(2,3)4)32(24)28(34)21-16-10-7-11-17-21/h6,8-9,12-15,18-19,21,24,26H,5,7,10-11,16-17H2,1-4H3,(H,31,33). The number of hydrogen-bond acceptors (Lipinski definition) is 3. The number of hydrogen-bond donors (Lipinski definition) is 1. The van der Waals surface area contributed by atoms with Gasteiger partial charge in [-0.15, -0.1) is 0 Å². The molecule has 0 bridgehead atoms. The Morgan fingerprint density at radius 1 is 0.971 bits per heavy atom. The van der Waals surface area contributed by atoms with Crippen LogP contribution in [0.15, 0.2) is 59.6 Å². The Hall–Kier alpha value is -2.95. The summed E-state index contributed by atoms with van der Waals surface area (Å²) >= 11 is 0. The third-order valence-corrected chi connectivity index (χ3v) is 6.81. The van der Waals surface area contributed by atoms with Crippen LogP contribution in [-0.4, -0.2) is 34.0 Å². The second-order valence-corrected chi connectivity index (χ2v) is 10.6. The SMILES string of the molecule is CCC1C(c2ccccc2)=Nc2ccccc2C(C(=O)NC(C)(C)C)N1C(=O)C1CCCCC1. The van der Waals surface area contributed by atoms with Gasteiger partial charge in [-0.05, 0) is 51.7 Å². The molecule has 0 aromatic heterocycles. The van der Waals surface area contributed by atoms with Crippen LogP contribution in [-0.2, 0) is 9.59 Å². The van der Waals surface area contributed by atoms with Crippen molar-refractivity contribution in [1.29, 1.82) is 0 Å². The van der Waals surface area contributed by atoms with Crippen molar-refractivity contribution in [2.24, 2.45) is 10.9 Å². The molecular weight excluding hydrogens is 422 g/mol. The normalized spacial score (nSPS) is 21.3. The van der Waals surface area contributed by atoms with Crippen LogP contribution in [0, 0.1) is 5.92 Å². The highest BCUT2D eigenvalue weighted by Crippen LogP contribution is 2.39. The third kappa shape index (κ3) is 5.08. The van der Waals surface area contributed by atoms with Gasteiger partial charge in [0, 0.05) is 17.0 Å². The molecule has 2 amide bonds. The molecule has 5 nitrogen and oxygen atoms in total. The Kier molecular flexibility index (Phi) is 7.20. The average Bonchev–Trinajstić information content (AvgIpc) is 2.98. The fraction of sp³-hybridized carbons (Fsp3) is 0.483. The van der Waals surface area contributed by atoms with E-state index < -0.39 is 11.6 Å². The zero-order valence-corrected chi connectivity index (χ0v) is 20.9. The second-order valence-electron chi connectivity index (χ2n) is 10.6. The smallest absolute Gasteiger partial charge is 0.247 e. The molecule has 1 aliphatic carbocycles. The van der Waals surface area contributed by atoms with Gasteiger partial charge in [-0.2, -0.15) is 0 Å². The van der Waals surface area contributed by atoms with Crippen molar-refractivity contribution < 1.29 is 9.59 Å². The lowest BCUT2D eigenvalue weighted by atomic mass is 9.86. The average molecular weight is 460 g/mol. The molecule has 0 radical (unpaired) electrons. The summed E-state index contributed by atoms with van der Waals surface area (Å²) in [5, 5.41) is 3.16. The van der Waals surface area contributed by atoms with Gasteiger partial charge >= 0.3 is 0 Å². The summed E-state index contributed by atoms with van der Waals surface area (Å²) < 4.78 is 0. The number of nitrogens with one attached hydrogen (secondary N) is 1. The number of para-hydroxylation sites is 1. The van der Waals surface area contributed by atoms with Crippen molar-refractivity contribution in [2.75, 3.05) is 0 Å². The molecule has 2 aromatic carbocycles. The van der Waals surface area contributed by atoms with Gasteiger partial charge in [0.15, 0.2) is 0 Å². The molecule has 2 aromatic rings. The summed E-state index contributed by atoms with van der Waals surface area (Å²) in [5.74, 6) is -0.108. The summed E-state index contributed by atoms with van der Waals surface area (Å²) in [6, 6.07) is 16.8. The largest absolute Gasteiger partial charge is 0.349 e. The van der Waals surface area contributed by atoms with Crippen molar-refractivity contribution in [1.82, 2.24) is 10.2 Å². The number of fused-ring (bicyclic) bond motifs is 1. The van der Waals surface area contributed by atoms with E-state index in [0.29, 0.717) is 6.42 Å². The Morgan fingerprint density at radius 2 is 1.62 bits per heavy atom. The zero-order chi connectivity index (χ0) is 24.3. The van der Waals surface area contributed by atoms with E-state index in [-0.39, 0.29) is 23.8 Å². The molecule has 5 heteroatoms. The fourth-order valence-corrected chi connectivity index (χ4v) is 5.29. The van der Waals surface area contributed by atoms with E-state index in [1.165, 1.54) is 6.42 Å². The Balaban J connectivity index is 1.90. The van der Waals surface area contributed by atoms with Crippen LogP contribution in [0.4, 0.5) is 5.69 Å². The van der Waals surface area contributed by atoms with E-state index in [1.54, 1.807) is 0 Å². The molecule has 4 rings (SSSR count). The van der Waals surface area contributed by atoms with Crippen LogP contribution in [0.3, 0.4) is 0 Å². The van der Waals surface area contributed by atoms with Gasteiger partial charge in [-0.3, -0.25) is 14.6 Å². The quantitative estimate of drug-likeness (QED) is 0.613. The molecule has 1 fully saturated rings. The van der Waals surface area contributed by atoms with Crippen LogP contribution in [0.25, 0.3) is 0 Å². The van der Waals surface area contributed by atoms with Gasteiger partial charge in [-0.25, -0.2) is 0 Å². The van der Waals surface area contributed by atoms with Gasteiger partial charge in [0.25, 0.3) is 0 Å². The molecule has 1 aliphatic heterocycles. The van der Waals surface area contributed by atoms with E-state index in [0.717, 1.165) is 48.2 Å². The summed E-state index contributed by atoms with van der Waals surface area (Å²) in [7, 11) is 0. The molecule has 1 heterocycles. The molecular formula is C29H37N3O2. The summed E-state index contributed by atoms with van der Waals surface area (Å²) in [6.45, 7) is 8.01. The maximum absolute atomic E-state index is 14.2. The van der Waals surface area contributed by atoms with Gasteiger partial charge in [-0.1, -0.05) is 74.7 Å². The van der Waals surface area contributed by atoms with Crippen molar-refractivity contribution in [2.45, 2.75) is 83.8 Å². The zero-order valence-electron chi connectivity index (χ0n) is 20.9. The van der Waals surface area contributed by atoms with E-state index in [1.807, 2.05) is 80.3 Å². The van der Waals surface area contributed by atoms with Crippen molar-refractivity contribution >= 4 is 23.2 Å². The van der Waals surface area contributed by atoms with Crippen LogP contribution < -0.4 is 5.32 Å². The first-order chi connectivity index (χ1) is 16.3. The Labute approximate surface area is 203 Å². The molecule has 2 unspecified atom stereocenters. The first-order valence-corrected chi connectivity index (χ1v) is 12.7. The van der Waals surface area contributed by atoms with E-state index >= 15 is 0 Å². The third-order valence-electron chi connectivity index (χ3n) is 6.81. The highest BCUT2D eigenvalue weighted by atomic mass is 16.2. The Morgan fingerprint density at radius 3 is 2.26 bits per heavy atom. The monoisotopic (exact) mass is 459 g/mol. The maximum atomic E-state index is 14.2. The molecule has 0 saturated heterocycles. The number of aliphatic imine (C=N–C) groups is 1. The van der Waals surface area contributed by atoms with Crippen molar-refractivity contribution in [3.05, 3.63) is 65.7 Å². The number of benzene rings is 2. The lowest BCUT2D eigenvalue weighted by Crippen LogP contribution is -2.55. The van der Waals surface area contributed by atoms with Crippen molar-refractivity contribution in [3.8, 4) is 0 Å². The van der Waals surface area contributed by atoms with Gasteiger partial charge in [0.1, 0.15) is 6.04 Å². The number of carbonyl (C=O) groups is 2. The molecule has 180 valence electrons. The molecule has 1 saturated carbocycles. The molecule has 2 aliphatic rings. The minimum Gasteiger partial charge on any atom is -0.349 e. The lowest BCUT2D eigenvalue weighted by molar-refractivity contribution is -0.146. The maximum Gasteiger partial charge on any atom is 0.247 e. The number of carbonyl (C=O) groups excluding carboxylic acids is 2. The highest BCUT2D eigenvalue weighted by Gasteiger charge is 2.43. The first-order valence-electron chi connectivity index (χ1n) is 12.7. The molecule has 0 spiro atoms. The van der Waals surface area contributed by atoms with E-state index in [2.05, 4.69) is 12.2 Å². The van der Waals surface area contributed by atoms with Gasteiger partial charge in [0.2, 0.25) is 11.8 Å². The van der Waals surface area contributed by atoms with Crippen LogP contribution >= 0.6 is 0 Å². The first kappa shape index (κ1) is 24.2. The topological polar surface area (TPSA) is 61.8 Å². The minimum atomic E-state index is -0.722. The van der Waals surface area contributed by atoms with Crippen LogP contribution in [0.5, 0.6) is 0 Å². The van der Waals surface area contributed by atoms with E-state index in [4.69, 9.17) is 4.99 Å². The van der Waals surface area contributed by atoms with Gasteiger partial charge < -0.3 is 10.2 Å². The number of nitrogens with zero attached hydrogens (tertiary/aromatic N) is 2. The molecule has 2 atom stereocenters. The Bertz CT molecular complexity index is 1050. The fourth-order valence-electron chi connectivity index (χ4n) is 5.29. The summed E-state index contributed by atoms with van der Waals surface area (Å²) in [5.41, 5.74) is 2.97. The van der Waals surface area contributed by atoms with E-state index in [9.17, 15) is 9.59 Å². The number of rotatable bonds is 4.